The van der Waals surface area contributed by atoms with E-state index in [4.69, 9.17) is 4.52 Å². The van der Waals surface area contributed by atoms with Crippen LogP contribution in [0.2, 0.25) is 0 Å². The Labute approximate surface area is 167 Å². The number of thiophene rings is 1. The van der Waals surface area contributed by atoms with Crippen LogP contribution in [0.1, 0.15) is 34.4 Å². The summed E-state index contributed by atoms with van der Waals surface area (Å²) in [4.78, 5) is 12.9. The lowest BCUT2D eigenvalue weighted by molar-refractivity contribution is -0.137. The smallest absolute Gasteiger partial charge is 0.305 e. The minimum atomic E-state index is -3.87. The van der Waals surface area contributed by atoms with E-state index in [0.717, 1.165) is 21.7 Å². The van der Waals surface area contributed by atoms with Crippen LogP contribution in [0.5, 0.6) is 0 Å². The lowest BCUT2D eigenvalue weighted by atomic mass is 10.1. The SMILES string of the molecule is Cc1ccc(S(=O)(=O)N[C@H](CC(=O)O)c2ccc(-c3c(C)noc3C)s2)cc1. The number of rotatable bonds is 7. The maximum Gasteiger partial charge on any atom is 0.305 e. The molecule has 2 aromatic heterocycles. The van der Waals surface area contributed by atoms with Gasteiger partial charge in [-0.05, 0) is 45.0 Å². The molecule has 7 nitrogen and oxygen atoms in total. The summed E-state index contributed by atoms with van der Waals surface area (Å²) in [5, 5.41) is 13.2. The van der Waals surface area contributed by atoms with Crippen molar-refractivity contribution in [1.82, 2.24) is 9.88 Å². The second-order valence-electron chi connectivity index (χ2n) is 6.49. The summed E-state index contributed by atoms with van der Waals surface area (Å²) in [7, 11) is -3.87. The van der Waals surface area contributed by atoms with Crippen molar-refractivity contribution in [3.8, 4) is 10.4 Å². The molecule has 0 radical (unpaired) electrons. The van der Waals surface area contributed by atoms with E-state index in [9.17, 15) is 18.3 Å². The molecule has 0 aliphatic rings. The lowest BCUT2D eigenvalue weighted by Gasteiger charge is -2.16. The average Bonchev–Trinajstić information content (AvgIpc) is 3.21. The van der Waals surface area contributed by atoms with E-state index in [0.29, 0.717) is 10.6 Å². The highest BCUT2D eigenvalue weighted by Crippen LogP contribution is 2.36. The largest absolute Gasteiger partial charge is 0.481 e. The molecule has 28 heavy (non-hydrogen) atoms. The van der Waals surface area contributed by atoms with Crippen molar-refractivity contribution in [2.24, 2.45) is 0 Å². The van der Waals surface area contributed by atoms with Crippen LogP contribution in [0, 0.1) is 20.8 Å². The van der Waals surface area contributed by atoms with Gasteiger partial charge >= 0.3 is 5.97 Å². The number of hydrogen-bond acceptors (Lipinski definition) is 6. The molecule has 3 aromatic rings. The number of hydrogen-bond donors (Lipinski definition) is 2. The Bertz CT molecular complexity index is 1080. The van der Waals surface area contributed by atoms with Gasteiger partial charge in [-0.2, -0.15) is 0 Å². The molecule has 0 saturated heterocycles. The second-order valence-corrected chi connectivity index (χ2v) is 9.32. The second kappa shape index (κ2) is 7.86. The van der Waals surface area contributed by atoms with Crippen LogP contribution in [-0.4, -0.2) is 24.7 Å². The molecule has 2 N–H and O–H groups in total. The summed E-state index contributed by atoms with van der Waals surface area (Å²) in [6.07, 6.45) is -0.368. The number of nitrogens with one attached hydrogen (secondary N) is 1. The van der Waals surface area contributed by atoms with Crippen molar-refractivity contribution >= 4 is 27.3 Å². The van der Waals surface area contributed by atoms with Crippen molar-refractivity contribution in [1.29, 1.82) is 0 Å². The zero-order chi connectivity index (χ0) is 20.5. The molecule has 2 heterocycles. The van der Waals surface area contributed by atoms with Crippen LogP contribution >= 0.6 is 11.3 Å². The van der Waals surface area contributed by atoms with Gasteiger partial charge in [0.15, 0.2) is 0 Å². The van der Waals surface area contributed by atoms with Gasteiger partial charge in [-0.1, -0.05) is 22.9 Å². The summed E-state index contributed by atoms with van der Waals surface area (Å²) in [5.74, 6) is -0.440. The van der Waals surface area contributed by atoms with Crippen LogP contribution in [0.15, 0.2) is 45.8 Å². The van der Waals surface area contributed by atoms with Gasteiger partial charge in [0, 0.05) is 9.75 Å². The number of nitrogens with zero attached hydrogens (tertiary/aromatic N) is 1. The molecule has 0 aliphatic carbocycles. The summed E-state index contributed by atoms with van der Waals surface area (Å²) in [6, 6.07) is 9.06. The van der Waals surface area contributed by atoms with E-state index >= 15 is 0 Å². The summed E-state index contributed by atoms with van der Waals surface area (Å²) in [5.41, 5.74) is 2.50. The summed E-state index contributed by atoms with van der Waals surface area (Å²) >= 11 is 1.32. The number of benzene rings is 1. The Kier molecular flexibility index (Phi) is 5.69. The van der Waals surface area contributed by atoms with Crippen LogP contribution in [0.4, 0.5) is 0 Å². The van der Waals surface area contributed by atoms with Gasteiger partial charge in [0.25, 0.3) is 0 Å². The normalized spacial score (nSPS) is 12.8. The first kappa shape index (κ1) is 20.2. The molecule has 3 rings (SSSR count). The number of aliphatic carboxylic acids is 1. The fraction of sp³-hybridized carbons (Fsp3) is 0.263. The van der Waals surface area contributed by atoms with Gasteiger partial charge in [-0.15, -0.1) is 11.3 Å². The molecule has 0 aliphatic heterocycles. The number of carboxylic acids is 1. The van der Waals surface area contributed by atoms with Crippen molar-refractivity contribution in [2.45, 2.75) is 38.1 Å². The van der Waals surface area contributed by atoms with Crippen molar-refractivity contribution in [3.63, 3.8) is 0 Å². The summed E-state index contributed by atoms with van der Waals surface area (Å²) < 4.78 is 33.2. The van der Waals surface area contributed by atoms with E-state index in [2.05, 4.69) is 9.88 Å². The monoisotopic (exact) mass is 420 g/mol. The van der Waals surface area contributed by atoms with Crippen molar-refractivity contribution in [2.75, 3.05) is 0 Å². The molecule has 9 heteroatoms. The maximum atomic E-state index is 12.7. The highest BCUT2D eigenvalue weighted by Gasteiger charge is 2.26. The third-order valence-electron chi connectivity index (χ3n) is 4.26. The highest BCUT2D eigenvalue weighted by molar-refractivity contribution is 7.89. The van der Waals surface area contributed by atoms with Gasteiger partial charge in [0.2, 0.25) is 10.0 Å². The van der Waals surface area contributed by atoms with Crippen LogP contribution in [0.3, 0.4) is 0 Å². The minimum Gasteiger partial charge on any atom is -0.481 e. The molecule has 0 saturated carbocycles. The van der Waals surface area contributed by atoms with E-state index in [1.54, 1.807) is 25.1 Å². The molecular formula is C19H20N2O5S2. The van der Waals surface area contributed by atoms with Crippen LogP contribution in [-0.2, 0) is 14.8 Å². The Morgan fingerprint density at radius 2 is 1.86 bits per heavy atom. The van der Waals surface area contributed by atoms with Crippen molar-refractivity contribution in [3.05, 3.63) is 58.3 Å². The fourth-order valence-electron chi connectivity index (χ4n) is 2.86. The first-order chi connectivity index (χ1) is 13.2. The van der Waals surface area contributed by atoms with E-state index in [1.165, 1.54) is 23.5 Å². The molecule has 0 unspecified atom stereocenters. The molecule has 1 aromatic carbocycles. The number of aryl methyl sites for hydroxylation is 3. The molecule has 0 spiro atoms. The molecule has 148 valence electrons. The Balaban J connectivity index is 1.93. The Hall–Kier alpha value is -2.49. The minimum absolute atomic E-state index is 0.0935. The third kappa shape index (κ3) is 4.32. The molecule has 0 amide bonds. The fourth-order valence-corrected chi connectivity index (χ4v) is 5.35. The predicted molar refractivity (Wildman–Crippen MR) is 106 cm³/mol. The first-order valence-electron chi connectivity index (χ1n) is 8.51. The number of carboxylic acid groups (broad SMARTS) is 1. The first-order valence-corrected chi connectivity index (χ1v) is 10.8. The quantitative estimate of drug-likeness (QED) is 0.601. The molecular weight excluding hydrogens is 400 g/mol. The molecule has 1 atom stereocenters. The van der Waals surface area contributed by atoms with E-state index in [1.807, 2.05) is 19.9 Å². The number of carbonyl (C=O) groups is 1. The summed E-state index contributed by atoms with van der Waals surface area (Å²) in [6.45, 7) is 5.47. The van der Waals surface area contributed by atoms with Gasteiger partial charge in [-0.3, -0.25) is 4.79 Å². The number of aromatic nitrogens is 1. The third-order valence-corrected chi connectivity index (χ3v) is 6.96. The predicted octanol–water partition coefficient (Wildman–Crippen LogP) is 3.82. The van der Waals surface area contributed by atoms with Crippen LogP contribution in [0.25, 0.3) is 10.4 Å². The average molecular weight is 421 g/mol. The van der Waals surface area contributed by atoms with Crippen molar-refractivity contribution < 1.29 is 22.8 Å². The standard InChI is InChI=1S/C19H20N2O5S2/c1-11-4-6-14(7-5-11)28(24,25)21-15(10-18(22)23)16-8-9-17(27-16)19-12(2)20-26-13(19)3/h4-9,15,21H,10H2,1-3H3,(H,22,23)/t15-/m1/s1. The highest BCUT2D eigenvalue weighted by atomic mass is 32.2. The molecule has 0 fully saturated rings. The maximum absolute atomic E-state index is 12.7. The van der Waals surface area contributed by atoms with E-state index < -0.39 is 22.0 Å². The lowest BCUT2D eigenvalue weighted by Crippen LogP contribution is -2.29. The van der Waals surface area contributed by atoms with Gasteiger partial charge < -0.3 is 9.63 Å². The zero-order valence-electron chi connectivity index (χ0n) is 15.6. The zero-order valence-corrected chi connectivity index (χ0v) is 17.2. The van der Waals surface area contributed by atoms with Gasteiger partial charge in [0.05, 0.1) is 28.6 Å². The van der Waals surface area contributed by atoms with E-state index in [-0.39, 0.29) is 11.3 Å². The number of sulfonamides is 1. The van der Waals surface area contributed by atoms with Gasteiger partial charge in [-0.25, -0.2) is 13.1 Å². The molecule has 0 bridgehead atoms. The Morgan fingerprint density at radius 1 is 1.18 bits per heavy atom. The van der Waals surface area contributed by atoms with Crippen LogP contribution < -0.4 is 4.72 Å². The van der Waals surface area contributed by atoms with Gasteiger partial charge in [0.1, 0.15) is 5.76 Å². The Morgan fingerprint density at radius 3 is 2.43 bits per heavy atom. The topological polar surface area (TPSA) is 110 Å².